The van der Waals surface area contributed by atoms with Gasteiger partial charge in [0.1, 0.15) is 0 Å². The van der Waals surface area contributed by atoms with Gasteiger partial charge in [-0.15, -0.1) is 0 Å². The predicted molar refractivity (Wildman–Crippen MR) is 93.2 cm³/mol. The lowest BCUT2D eigenvalue weighted by molar-refractivity contribution is 1.18. The molecule has 0 saturated heterocycles. The van der Waals surface area contributed by atoms with Gasteiger partial charge in [-0.3, -0.25) is 0 Å². The first-order valence-corrected chi connectivity index (χ1v) is 7.76. The maximum atomic E-state index is 9.21. The molecule has 3 heteroatoms. The third-order valence-corrected chi connectivity index (χ3v) is 4.37. The van der Waals surface area contributed by atoms with Gasteiger partial charge < -0.3 is 4.57 Å². The number of halogens is 1. The number of nitrogens with zero attached hydrogens (tertiary/aromatic N) is 2. The van der Waals surface area contributed by atoms with E-state index in [4.69, 9.17) is 0 Å². The maximum Gasteiger partial charge on any atom is 0.0992 e. The third-order valence-electron chi connectivity index (χ3n) is 3.87. The number of hydrogen-bond acceptors (Lipinski definition) is 1. The Bertz CT molecular complexity index is 1040. The Labute approximate surface area is 136 Å². The molecule has 0 bridgehead atoms. The van der Waals surface area contributed by atoms with Crippen molar-refractivity contribution < 1.29 is 0 Å². The van der Waals surface area contributed by atoms with Crippen molar-refractivity contribution in [2.45, 2.75) is 0 Å². The summed E-state index contributed by atoms with van der Waals surface area (Å²) in [5.41, 5.74) is 3.96. The zero-order valence-electron chi connectivity index (χ0n) is 11.6. The first kappa shape index (κ1) is 13.1. The third kappa shape index (κ3) is 1.93. The van der Waals surface area contributed by atoms with E-state index in [9.17, 15) is 5.26 Å². The molecular formula is C19H11BrN2. The molecule has 0 N–H and O–H groups in total. The summed E-state index contributed by atoms with van der Waals surface area (Å²) in [5, 5.41) is 11.5. The lowest BCUT2D eigenvalue weighted by Crippen LogP contribution is -1.93. The van der Waals surface area contributed by atoms with Crippen LogP contribution in [0, 0.1) is 11.3 Å². The van der Waals surface area contributed by atoms with E-state index in [-0.39, 0.29) is 0 Å². The number of hydrogen-bond donors (Lipinski definition) is 0. The summed E-state index contributed by atoms with van der Waals surface area (Å²) in [7, 11) is 0. The van der Waals surface area contributed by atoms with E-state index in [1.165, 1.54) is 5.39 Å². The lowest BCUT2D eigenvalue weighted by Gasteiger charge is -2.07. The Kier molecular flexibility index (Phi) is 2.99. The molecule has 4 rings (SSSR count). The minimum absolute atomic E-state index is 0.673. The minimum Gasteiger partial charge on any atom is -0.309 e. The molecule has 0 saturated carbocycles. The summed E-state index contributed by atoms with van der Waals surface area (Å²) in [5.74, 6) is 0. The topological polar surface area (TPSA) is 28.7 Å². The van der Waals surface area contributed by atoms with Crippen LogP contribution in [0.25, 0.3) is 27.5 Å². The highest BCUT2D eigenvalue weighted by Gasteiger charge is 2.12. The Morgan fingerprint density at radius 3 is 2.41 bits per heavy atom. The van der Waals surface area contributed by atoms with Crippen LogP contribution in [0.2, 0.25) is 0 Å². The molecule has 0 aliphatic rings. The molecule has 1 aromatic heterocycles. The van der Waals surface area contributed by atoms with Gasteiger partial charge >= 0.3 is 0 Å². The number of para-hydroxylation sites is 1. The average molecular weight is 347 g/mol. The van der Waals surface area contributed by atoms with Crippen LogP contribution >= 0.6 is 15.9 Å². The van der Waals surface area contributed by atoms with Gasteiger partial charge in [-0.1, -0.05) is 40.2 Å². The van der Waals surface area contributed by atoms with Gasteiger partial charge in [-0.05, 0) is 42.5 Å². The second-order valence-corrected chi connectivity index (χ2v) is 6.09. The van der Waals surface area contributed by atoms with Crippen molar-refractivity contribution in [3.63, 3.8) is 0 Å². The highest BCUT2D eigenvalue weighted by molar-refractivity contribution is 9.10. The molecule has 0 amide bonds. The Balaban J connectivity index is 2.22. The van der Waals surface area contributed by atoms with Crippen molar-refractivity contribution in [3.05, 3.63) is 76.8 Å². The summed E-state index contributed by atoms with van der Waals surface area (Å²) >= 11 is 3.55. The van der Waals surface area contributed by atoms with Crippen LogP contribution < -0.4 is 0 Å². The molecule has 0 unspecified atom stereocenters. The standard InChI is InChI=1S/C19H11BrN2/c20-14-7-9-18-17(11-14)16-8-6-13(12-21)10-19(16)22(18)15-4-2-1-3-5-15/h1-11H. The van der Waals surface area contributed by atoms with E-state index in [0.717, 1.165) is 26.6 Å². The molecule has 0 aliphatic carbocycles. The van der Waals surface area contributed by atoms with E-state index in [2.05, 4.69) is 50.8 Å². The molecular weight excluding hydrogens is 336 g/mol. The van der Waals surface area contributed by atoms with Crippen LogP contribution in [0.1, 0.15) is 5.56 Å². The fraction of sp³-hybridized carbons (Fsp3) is 0. The van der Waals surface area contributed by atoms with E-state index in [0.29, 0.717) is 5.56 Å². The van der Waals surface area contributed by atoms with E-state index < -0.39 is 0 Å². The van der Waals surface area contributed by atoms with Gasteiger partial charge in [-0.25, -0.2) is 0 Å². The normalized spacial score (nSPS) is 10.9. The van der Waals surface area contributed by atoms with E-state index in [1.54, 1.807) is 0 Å². The largest absolute Gasteiger partial charge is 0.309 e. The zero-order valence-corrected chi connectivity index (χ0v) is 13.2. The summed E-state index contributed by atoms with van der Waals surface area (Å²) in [6.45, 7) is 0. The minimum atomic E-state index is 0.673. The van der Waals surface area contributed by atoms with E-state index in [1.807, 2.05) is 42.5 Å². The van der Waals surface area contributed by atoms with Crippen molar-refractivity contribution >= 4 is 37.7 Å². The molecule has 0 radical (unpaired) electrons. The molecule has 4 aromatic rings. The van der Waals surface area contributed by atoms with Gasteiger partial charge in [0, 0.05) is 20.9 Å². The van der Waals surface area contributed by atoms with Gasteiger partial charge in [0.15, 0.2) is 0 Å². The molecule has 1 heterocycles. The fourth-order valence-corrected chi connectivity index (χ4v) is 3.28. The number of aromatic nitrogens is 1. The second kappa shape index (κ2) is 5.01. The monoisotopic (exact) mass is 346 g/mol. The van der Waals surface area contributed by atoms with Gasteiger partial charge in [0.2, 0.25) is 0 Å². The smallest absolute Gasteiger partial charge is 0.0992 e. The van der Waals surface area contributed by atoms with Crippen molar-refractivity contribution in [2.24, 2.45) is 0 Å². The van der Waals surface area contributed by atoms with Crippen LogP contribution in [0.4, 0.5) is 0 Å². The maximum absolute atomic E-state index is 9.21. The van der Waals surface area contributed by atoms with Gasteiger partial charge in [0.05, 0.1) is 22.7 Å². The summed E-state index contributed by atoms with van der Waals surface area (Å²) < 4.78 is 3.26. The van der Waals surface area contributed by atoms with Crippen LogP contribution in [-0.4, -0.2) is 4.57 Å². The Morgan fingerprint density at radius 1 is 0.818 bits per heavy atom. The first-order chi connectivity index (χ1) is 10.8. The number of nitriles is 1. The van der Waals surface area contributed by atoms with Gasteiger partial charge in [0.25, 0.3) is 0 Å². The van der Waals surface area contributed by atoms with Gasteiger partial charge in [-0.2, -0.15) is 5.26 Å². The van der Waals surface area contributed by atoms with Crippen LogP contribution in [0.5, 0.6) is 0 Å². The summed E-state index contributed by atoms with van der Waals surface area (Å²) in [6, 6.07) is 24.6. The van der Waals surface area contributed by atoms with Crippen molar-refractivity contribution in [1.29, 1.82) is 5.26 Å². The molecule has 0 atom stereocenters. The Hall–Kier alpha value is -2.57. The van der Waals surface area contributed by atoms with Crippen molar-refractivity contribution in [3.8, 4) is 11.8 Å². The number of fused-ring (bicyclic) bond motifs is 3. The lowest BCUT2D eigenvalue weighted by atomic mass is 10.1. The molecule has 104 valence electrons. The molecule has 0 spiro atoms. The summed E-state index contributed by atoms with van der Waals surface area (Å²) in [4.78, 5) is 0. The van der Waals surface area contributed by atoms with Crippen LogP contribution in [0.3, 0.4) is 0 Å². The second-order valence-electron chi connectivity index (χ2n) is 5.18. The molecule has 2 nitrogen and oxygen atoms in total. The van der Waals surface area contributed by atoms with E-state index >= 15 is 0 Å². The first-order valence-electron chi connectivity index (χ1n) is 6.97. The van der Waals surface area contributed by atoms with Crippen molar-refractivity contribution in [1.82, 2.24) is 4.57 Å². The molecule has 0 fully saturated rings. The summed E-state index contributed by atoms with van der Waals surface area (Å²) in [6.07, 6.45) is 0. The number of rotatable bonds is 1. The number of benzene rings is 3. The van der Waals surface area contributed by atoms with Crippen LogP contribution in [0.15, 0.2) is 71.2 Å². The highest BCUT2D eigenvalue weighted by atomic mass is 79.9. The average Bonchev–Trinajstić information content (AvgIpc) is 2.88. The predicted octanol–water partition coefficient (Wildman–Crippen LogP) is 5.42. The molecule has 3 aromatic carbocycles. The fourth-order valence-electron chi connectivity index (χ4n) is 2.92. The Morgan fingerprint density at radius 2 is 1.64 bits per heavy atom. The van der Waals surface area contributed by atoms with Crippen molar-refractivity contribution in [2.75, 3.05) is 0 Å². The molecule has 0 aliphatic heterocycles. The SMILES string of the molecule is N#Cc1ccc2c3cc(Br)ccc3n(-c3ccccc3)c2c1. The molecule has 22 heavy (non-hydrogen) atoms. The quantitative estimate of drug-likeness (QED) is 0.452. The highest BCUT2D eigenvalue weighted by Crippen LogP contribution is 2.34. The zero-order chi connectivity index (χ0) is 15.1. The van der Waals surface area contributed by atoms with Crippen LogP contribution in [-0.2, 0) is 0 Å².